The maximum Gasteiger partial charge on any atom is 0.201 e. The van der Waals surface area contributed by atoms with Crippen LogP contribution in [0.2, 0.25) is 0 Å². The molecule has 246 valence electrons. The molecule has 1 saturated carbocycles. The van der Waals surface area contributed by atoms with E-state index in [2.05, 4.69) is 6.08 Å². The van der Waals surface area contributed by atoms with Gasteiger partial charge in [-0.15, -0.1) is 0 Å². The van der Waals surface area contributed by atoms with Crippen LogP contribution in [0.4, 0.5) is 26.3 Å². The molecule has 1 fully saturated rings. The van der Waals surface area contributed by atoms with Crippen LogP contribution in [-0.4, -0.2) is 6.61 Å². The summed E-state index contributed by atoms with van der Waals surface area (Å²) in [7, 11) is 0. The monoisotopic (exact) mass is 640 g/mol. The van der Waals surface area contributed by atoms with E-state index < -0.39 is 34.9 Å². The summed E-state index contributed by atoms with van der Waals surface area (Å²) in [5.41, 5.74) is 1.04. The zero-order valence-corrected chi connectivity index (χ0v) is 26.6. The van der Waals surface area contributed by atoms with Crippen molar-refractivity contribution < 1.29 is 31.1 Å². The van der Waals surface area contributed by atoms with E-state index >= 15 is 8.78 Å². The van der Waals surface area contributed by atoms with Crippen LogP contribution in [0.15, 0.2) is 54.6 Å². The predicted molar refractivity (Wildman–Crippen MR) is 171 cm³/mol. The van der Waals surface area contributed by atoms with E-state index in [0.717, 1.165) is 50.5 Å². The lowest BCUT2D eigenvalue weighted by Crippen LogP contribution is -2.23. The second-order valence-corrected chi connectivity index (χ2v) is 12.7. The van der Waals surface area contributed by atoms with E-state index in [1.54, 1.807) is 13.0 Å². The summed E-state index contributed by atoms with van der Waals surface area (Å²) in [6.45, 7) is 3.84. The molecule has 1 unspecified atom stereocenters. The van der Waals surface area contributed by atoms with Crippen molar-refractivity contribution in [3.05, 3.63) is 106 Å². The Morgan fingerprint density at radius 3 is 1.87 bits per heavy atom. The van der Waals surface area contributed by atoms with Gasteiger partial charge in [-0.3, -0.25) is 0 Å². The first kappa shape index (κ1) is 33.9. The van der Waals surface area contributed by atoms with Crippen LogP contribution in [0.25, 0.3) is 16.7 Å². The molecule has 0 heterocycles. The molecule has 0 bridgehead atoms. The van der Waals surface area contributed by atoms with Gasteiger partial charge in [0.25, 0.3) is 0 Å². The van der Waals surface area contributed by atoms with Crippen LogP contribution in [0, 0.1) is 52.7 Å². The molecule has 0 spiro atoms. The molecule has 0 aliphatic heterocycles. The standard InChI is InChI=1S/C39H42F6O/c1-3-5-6-7-28-18-20-31(37(43)34(28)40)32-21-19-29(35(41)38(32)44)13-10-24-8-11-25(12-9-24)26-14-16-27(17-15-26)30-22-23-33(46-4-2)39(45)36(30)42/h3,5,16,18-26H,4,6-15,17H2,1-2H3. The molecule has 1 nitrogen and oxygen atoms in total. The average Bonchev–Trinajstić information content (AvgIpc) is 3.07. The van der Waals surface area contributed by atoms with E-state index in [0.29, 0.717) is 49.0 Å². The van der Waals surface area contributed by atoms with Crippen LogP contribution in [0.3, 0.4) is 0 Å². The highest BCUT2D eigenvalue weighted by Gasteiger charge is 2.30. The highest BCUT2D eigenvalue weighted by Crippen LogP contribution is 2.43. The maximum atomic E-state index is 15.1. The van der Waals surface area contributed by atoms with Gasteiger partial charge in [0.15, 0.2) is 34.8 Å². The normalized spacial score (nSPS) is 20.3. The first-order chi connectivity index (χ1) is 22.2. The quantitative estimate of drug-likeness (QED) is 0.150. The van der Waals surface area contributed by atoms with Crippen LogP contribution in [-0.2, 0) is 12.8 Å². The molecule has 46 heavy (non-hydrogen) atoms. The Hall–Kier alpha value is -3.48. The van der Waals surface area contributed by atoms with E-state index in [4.69, 9.17) is 4.74 Å². The van der Waals surface area contributed by atoms with E-state index in [1.165, 1.54) is 30.3 Å². The number of ether oxygens (including phenoxy) is 1. The van der Waals surface area contributed by atoms with Crippen LogP contribution >= 0.6 is 0 Å². The van der Waals surface area contributed by atoms with Crippen LogP contribution in [0.5, 0.6) is 5.75 Å². The van der Waals surface area contributed by atoms with E-state index in [9.17, 15) is 17.6 Å². The summed E-state index contributed by atoms with van der Waals surface area (Å²) in [5.74, 6) is -4.76. The third kappa shape index (κ3) is 7.39. The summed E-state index contributed by atoms with van der Waals surface area (Å²) in [4.78, 5) is 0. The van der Waals surface area contributed by atoms with E-state index in [-0.39, 0.29) is 34.6 Å². The minimum atomic E-state index is -1.16. The van der Waals surface area contributed by atoms with Crippen molar-refractivity contribution in [2.75, 3.05) is 6.61 Å². The molecule has 0 aromatic heterocycles. The minimum Gasteiger partial charge on any atom is -0.491 e. The Labute approximate surface area is 268 Å². The third-order valence-electron chi connectivity index (χ3n) is 9.95. The molecule has 0 amide bonds. The van der Waals surface area contributed by atoms with Crippen molar-refractivity contribution in [3.8, 4) is 16.9 Å². The van der Waals surface area contributed by atoms with Crippen molar-refractivity contribution in [1.29, 1.82) is 0 Å². The Morgan fingerprint density at radius 2 is 1.28 bits per heavy atom. The van der Waals surface area contributed by atoms with Crippen LogP contribution in [0.1, 0.15) is 88.3 Å². The summed E-state index contributed by atoms with van der Waals surface area (Å²) in [6, 6.07) is 8.69. The molecular weight excluding hydrogens is 598 g/mol. The molecule has 0 radical (unpaired) electrons. The van der Waals surface area contributed by atoms with Gasteiger partial charge in [0, 0.05) is 16.7 Å². The van der Waals surface area contributed by atoms with Gasteiger partial charge in [-0.2, -0.15) is 4.39 Å². The molecule has 5 rings (SSSR count). The topological polar surface area (TPSA) is 9.23 Å². The Morgan fingerprint density at radius 1 is 0.674 bits per heavy atom. The summed E-state index contributed by atoms with van der Waals surface area (Å²) in [6.07, 6.45) is 14.3. The third-order valence-corrected chi connectivity index (χ3v) is 9.95. The Balaban J connectivity index is 1.14. The molecule has 7 heteroatoms. The zero-order chi connectivity index (χ0) is 32.8. The van der Waals surface area contributed by atoms with Gasteiger partial charge in [0.05, 0.1) is 6.61 Å². The largest absolute Gasteiger partial charge is 0.491 e. The molecular formula is C39H42F6O. The van der Waals surface area contributed by atoms with Gasteiger partial charge >= 0.3 is 0 Å². The summed E-state index contributed by atoms with van der Waals surface area (Å²) in [5, 5.41) is 0. The van der Waals surface area contributed by atoms with Gasteiger partial charge in [-0.1, -0.05) is 55.3 Å². The second-order valence-electron chi connectivity index (χ2n) is 12.7. The number of hydrogen-bond acceptors (Lipinski definition) is 1. The molecule has 2 aliphatic rings. The Bertz CT molecular complexity index is 1580. The highest BCUT2D eigenvalue weighted by molar-refractivity contribution is 5.68. The smallest absolute Gasteiger partial charge is 0.201 e. The molecule has 3 aromatic carbocycles. The lowest BCUT2D eigenvalue weighted by Gasteiger charge is -2.35. The fourth-order valence-corrected chi connectivity index (χ4v) is 7.27. The van der Waals surface area contributed by atoms with Crippen molar-refractivity contribution >= 4 is 5.57 Å². The fourth-order valence-electron chi connectivity index (χ4n) is 7.27. The lowest BCUT2D eigenvalue weighted by atomic mass is 9.70. The number of aryl methyl sites for hydroxylation is 2. The Kier molecular flexibility index (Phi) is 11.3. The SMILES string of the molecule is CC=CCCc1ccc(-c2ccc(CCC3CCC(C4CC=C(c5ccc(OCC)c(F)c5F)CC4)CC3)c(F)c2F)c(F)c1F. The lowest BCUT2D eigenvalue weighted by molar-refractivity contribution is 0.189. The van der Waals surface area contributed by atoms with Gasteiger partial charge in [-0.25, -0.2) is 22.0 Å². The van der Waals surface area contributed by atoms with Gasteiger partial charge < -0.3 is 4.74 Å². The summed E-state index contributed by atoms with van der Waals surface area (Å²) < 4.78 is 94.1. The van der Waals surface area contributed by atoms with Gasteiger partial charge in [-0.05, 0) is 118 Å². The van der Waals surface area contributed by atoms with Crippen molar-refractivity contribution in [2.24, 2.45) is 17.8 Å². The van der Waals surface area contributed by atoms with Crippen molar-refractivity contribution in [2.45, 2.75) is 84.5 Å². The highest BCUT2D eigenvalue weighted by atomic mass is 19.2. The van der Waals surface area contributed by atoms with Crippen molar-refractivity contribution in [1.82, 2.24) is 0 Å². The molecule has 0 saturated heterocycles. The maximum absolute atomic E-state index is 15.1. The van der Waals surface area contributed by atoms with E-state index in [1.807, 2.05) is 19.1 Å². The second kappa shape index (κ2) is 15.4. The number of allylic oxidation sites excluding steroid dienone is 4. The minimum absolute atomic E-state index is 0.0660. The molecule has 0 N–H and O–H groups in total. The predicted octanol–water partition coefficient (Wildman–Crippen LogP) is 11.7. The van der Waals surface area contributed by atoms with Crippen LogP contribution < -0.4 is 4.74 Å². The van der Waals surface area contributed by atoms with Crippen molar-refractivity contribution in [3.63, 3.8) is 0 Å². The average molecular weight is 641 g/mol. The first-order valence-electron chi connectivity index (χ1n) is 16.6. The number of hydrogen-bond donors (Lipinski definition) is 0. The number of rotatable bonds is 11. The molecule has 2 aliphatic carbocycles. The van der Waals surface area contributed by atoms with Gasteiger partial charge in [0.1, 0.15) is 0 Å². The molecule has 1 atom stereocenters. The zero-order valence-electron chi connectivity index (χ0n) is 26.6. The number of halogens is 6. The number of benzene rings is 3. The first-order valence-corrected chi connectivity index (χ1v) is 16.6. The summed E-state index contributed by atoms with van der Waals surface area (Å²) >= 11 is 0. The molecule has 3 aromatic rings. The van der Waals surface area contributed by atoms with Gasteiger partial charge in [0.2, 0.25) is 5.82 Å². The fraction of sp³-hybridized carbons (Fsp3) is 0.436.